The number of hydrogen-bond donors (Lipinski definition) is 2. The van der Waals surface area contributed by atoms with E-state index < -0.39 is 25.2 Å². The Morgan fingerprint density at radius 2 is 1.65 bits per heavy atom. The maximum Gasteiger partial charge on any atom is 0.421 e. The van der Waals surface area contributed by atoms with Crippen molar-refractivity contribution in [2.24, 2.45) is 0 Å². The molecule has 1 aromatic heterocycles. The Balaban J connectivity index is 1.23. The van der Waals surface area contributed by atoms with E-state index in [0.717, 1.165) is 63.0 Å². The molecule has 298 valence electrons. The average molecular weight is 788 g/mol. The Hall–Kier alpha value is -4.24. The van der Waals surface area contributed by atoms with Crippen molar-refractivity contribution in [3.05, 3.63) is 64.3 Å². The monoisotopic (exact) mass is 787 g/mol. The number of piperazine rings is 1. The first-order chi connectivity index (χ1) is 26.2. The maximum absolute atomic E-state index is 14.4. The van der Waals surface area contributed by atoms with Crippen molar-refractivity contribution in [2.75, 3.05) is 64.2 Å². The number of methoxy groups -OCH3 is 1. The Morgan fingerprint density at radius 1 is 0.982 bits per heavy atom. The topological polar surface area (TPSA) is 138 Å². The summed E-state index contributed by atoms with van der Waals surface area (Å²) in [7, 11) is -0.291. The molecule has 2 N–H and O–H groups in total. The summed E-state index contributed by atoms with van der Waals surface area (Å²) >= 11 is 0. The molecule has 2 aliphatic heterocycles. The zero-order chi connectivity index (χ0) is 39.5. The highest BCUT2D eigenvalue weighted by molar-refractivity contribution is 7.53. The predicted molar refractivity (Wildman–Crippen MR) is 202 cm³/mol. The third-order valence-corrected chi connectivity index (χ3v) is 12.7. The molecule has 1 saturated carbocycles. The molecule has 2 aromatic carbocycles. The fourth-order valence-electron chi connectivity index (χ4n) is 7.89. The number of anilines is 4. The van der Waals surface area contributed by atoms with E-state index in [0.29, 0.717) is 41.3 Å². The molecule has 0 unspecified atom stereocenters. The van der Waals surface area contributed by atoms with E-state index in [1.165, 1.54) is 7.11 Å². The summed E-state index contributed by atoms with van der Waals surface area (Å²) in [5.74, 6) is -0.313. The SMILES string of the molecule is CCOP(=O)(Cc1ccc(Nc2ncc(C(F)(F)F)c(Nc3ccc(C4CCC(N5CCN(C(C)=O)CC5)CC4)c4c3C(=O)N(C)C4)n2)c(OC)c1)OCC. The lowest BCUT2D eigenvalue weighted by Gasteiger charge is -2.42. The molecule has 2 fully saturated rings. The Labute approximate surface area is 319 Å². The van der Waals surface area contributed by atoms with E-state index in [9.17, 15) is 27.3 Å². The largest absolute Gasteiger partial charge is 0.495 e. The molecule has 13 nitrogen and oxygen atoms in total. The number of nitrogens with one attached hydrogen (secondary N) is 2. The van der Waals surface area contributed by atoms with Crippen LogP contribution in [-0.2, 0) is 37.3 Å². The van der Waals surface area contributed by atoms with Crippen LogP contribution in [0.4, 0.5) is 36.3 Å². The summed E-state index contributed by atoms with van der Waals surface area (Å²) in [5.41, 5.74) is 2.31. The molecule has 0 radical (unpaired) electrons. The molecule has 0 spiro atoms. The van der Waals surface area contributed by atoms with Gasteiger partial charge in [-0.05, 0) is 80.3 Å². The van der Waals surface area contributed by atoms with E-state index in [-0.39, 0.29) is 48.7 Å². The van der Waals surface area contributed by atoms with Crippen LogP contribution in [-0.4, -0.2) is 96.1 Å². The number of hydrogen-bond acceptors (Lipinski definition) is 11. The number of amides is 2. The van der Waals surface area contributed by atoms with E-state index in [1.807, 2.05) is 11.0 Å². The number of nitrogens with zero attached hydrogens (tertiary/aromatic N) is 5. The van der Waals surface area contributed by atoms with E-state index in [2.05, 4.69) is 25.5 Å². The van der Waals surface area contributed by atoms with Gasteiger partial charge in [0.05, 0.1) is 43.4 Å². The van der Waals surface area contributed by atoms with Gasteiger partial charge >= 0.3 is 13.8 Å². The third-order valence-electron chi connectivity index (χ3n) is 10.6. The molecule has 1 aliphatic carbocycles. The predicted octanol–water partition coefficient (Wildman–Crippen LogP) is 7.53. The van der Waals surface area contributed by atoms with Gasteiger partial charge in [0, 0.05) is 58.9 Å². The lowest BCUT2D eigenvalue weighted by atomic mass is 9.78. The fraction of sp³-hybridized carbons (Fsp3) is 0.526. The van der Waals surface area contributed by atoms with Gasteiger partial charge in [-0.15, -0.1) is 0 Å². The van der Waals surface area contributed by atoms with Crippen molar-refractivity contribution in [1.82, 2.24) is 24.7 Å². The van der Waals surface area contributed by atoms with Gasteiger partial charge in [-0.1, -0.05) is 12.1 Å². The highest BCUT2D eigenvalue weighted by atomic mass is 31.2. The van der Waals surface area contributed by atoms with Crippen LogP contribution in [0.25, 0.3) is 0 Å². The van der Waals surface area contributed by atoms with Crippen molar-refractivity contribution in [3.8, 4) is 5.75 Å². The smallest absolute Gasteiger partial charge is 0.421 e. The summed E-state index contributed by atoms with van der Waals surface area (Å²) < 4.78 is 72.5. The Bertz CT molecular complexity index is 1920. The zero-order valence-corrected chi connectivity index (χ0v) is 32.8. The van der Waals surface area contributed by atoms with Crippen LogP contribution in [0.5, 0.6) is 5.75 Å². The second-order valence-electron chi connectivity index (χ2n) is 14.1. The van der Waals surface area contributed by atoms with Crippen molar-refractivity contribution in [2.45, 2.75) is 77.3 Å². The molecule has 2 amide bonds. The number of carbonyl (C=O) groups excluding carboxylic acids is 2. The van der Waals surface area contributed by atoms with Crippen LogP contribution in [0.1, 0.15) is 85.0 Å². The highest BCUT2D eigenvalue weighted by Crippen LogP contribution is 2.52. The minimum atomic E-state index is -4.80. The van der Waals surface area contributed by atoms with Gasteiger partial charge in [0.25, 0.3) is 5.91 Å². The Kier molecular flexibility index (Phi) is 12.4. The fourth-order valence-corrected chi connectivity index (χ4v) is 9.58. The standard InChI is InChI=1S/C38H49F3N7O6P/c1-6-53-55(51,54-7-2)23-25-8-14-31(33(20-25)52-5)44-37-42-21-30(38(39,40)41)35(45-37)43-32-15-13-28(29-22-46(4)36(50)34(29)32)26-9-11-27(12-10-26)48-18-16-47(17-19-48)24(3)49/h8,13-15,20-21,26-27H,6-7,9-12,16-19,22-23H2,1-5H3,(H2,42,43,44,45). The van der Waals surface area contributed by atoms with E-state index in [4.69, 9.17) is 13.8 Å². The lowest BCUT2D eigenvalue weighted by Crippen LogP contribution is -2.52. The highest BCUT2D eigenvalue weighted by Gasteiger charge is 2.38. The molecule has 3 aromatic rings. The number of fused-ring (bicyclic) bond motifs is 1. The number of aromatic nitrogens is 2. The number of halogens is 3. The van der Waals surface area contributed by atoms with Crippen molar-refractivity contribution in [1.29, 1.82) is 0 Å². The number of benzene rings is 2. The molecular formula is C38H49F3N7O6P. The first-order valence-corrected chi connectivity index (χ1v) is 20.4. The second kappa shape index (κ2) is 16.9. The maximum atomic E-state index is 14.4. The van der Waals surface area contributed by atoms with Crippen molar-refractivity contribution in [3.63, 3.8) is 0 Å². The van der Waals surface area contributed by atoms with Gasteiger partial charge in [-0.2, -0.15) is 18.2 Å². The lowest BCUT2D eigenvalue weighted by molar-refractivity contribution is -0.137. The van der Waals surface area contributed by atoms with Crippen LogP contribution in [0.3, 0.4) is 0 Å². The van der Waals surface area contributed by atoms with Crippen LogP contribution < -0.4 is 15.4 Å². The summed E-state index contributed by atoms with van der Waals surface area (Å²) in [5, 5.41) is 5.79. The quantitative estimate of drug-likeness (QED) is 0.166. The number of rotatable bonds is 13. The first kappa shape index (κ1) is 40.4. The number of ether oxygens (including phenoxy) is 1. The molecule has 17 heteroatoms. The summed E-state index contributed by atoms with van der Waals surface area (Å²) in [4.78, 5) is 39.5. The minimum Gasteiger partial charge on any atom is -0.495 e. The molecule has 3 aliphatic rings. The van der Waals surface area contributed by atoms with Gasteiger partial charge in [-0.3, -0.25) is 19.1 Å². The molecule has 0 bridgehead atoms. The van der Waals surface area contributed by atoms with Gasteiger partial charge in [0.15, 0.2) is 0 Å². The number of alkyl halides is 3. The van der Waals surface area contributed by atoms with Crippen molar-refractivity contribution >= 4 is 42.6 Å². The normalized spacial score (nSPS) is 19.4. The van der Waals surface area contributed by atoms with Crippen LogP contribution in [0.15, 0.2) is 36.5 Å². The van der Waals surface area contributed by atoms with Gasteiger partial charge in [-0.25, -0.2) is 4.98 Å². The molecule has 1 saturated heterocycles. The molecule has 0 atom stereocenters. The molecule has 55 heavy (non-hydrogen) atoms. The Morgan fingerprint density at radius 3 is 2.27 bits per heavy atom. The first-order valence-electron chi connectivity index (χ1n) is 18.7. The average Bonchev–Trinajstić information content (AvgIpc) is 3.45. The molecule has 6 rings (SSSR count). The summed E-state index contributed by atoms with van der Waals surface area (Å²) in [6.07, 6.45) is -0.271. The molecule has 3 heterocycles. The third kappa shape index (κ3) is 9.09. The van der Waals surface area contributed by atoms with Crippen LogP contribution in [0.2, 0.25) is 0 Å². The van der Waals surface area contributed by atoms with Gasteiger partial charge in [0.2, 0.25) is 11.9 Å². The van der Waals surface area contributed by atoms with E-state index >= 15 is 0 Å². The summed E-state index contributed by atoms with van der Waals surface area (Å²) in [6.45, 7) is 9.02. The number of carbonyl (C=O) groups is 2. The zero-order valence-electron chi connectivity index (χ0n) is 31.9. The van der Waals surface area contributed by atoms with Crippen LogP contribution >= 0.6 is 7.60 Å². The van der Waals surface area contributed by atoms with Gasteiger partial charge < -0.3 is 34.2 Å². The molecular weight excluding hydrogens is 738 g/mol. The van der Waals surface area contributed by atoms with E-state index in [1.54, 1.807) is 57.0 Å². The minimum absolute atomic E-state index is 0.00476. The van der Waals surface area contributed by atoms with Crippen LogP contribution in [0, 0.1) is 0 Å². The second-order valence-corrected chi connectivity index (χ2v) is 16.2. The van der Waals surface area contributed by atoms with Crippen molar-refractivity contribution < 1.29 is 41.1 Å². The summed E-state index contributed by atoms with van der Waals surface area (Å²) in [6, 6.07) is 8.97. The van der Waals surface area contributed by atoms with Gasteiger partial charge in [0.1, 0.15) is 17.1 Å².